The number of rotatable bonds is 6. The number of carboxylic acid groups (broad SMARTS) is 1. The van der Waals surface area contributed by atoms with Crippen molar-refractivity contribution in [2.24, 2.45) is 0 Å². The molecular weight excluding hydrogens is 300 g/mol. The number of piperidine rings is 1. The molecule has 0 unspecified atom stereocenters. The summed E-state index contributed by atoms with van der Waals surface area (Å²) in [7, 11) is 0. The van der Waals surface area contributed by atoms with E-state index >= 15 is 0 Å². The summed E-state index contributed by atoms with van der Waals surface area (Å²) in [6.45, 7) is 3.06. The third-order valence-electron chi connectivity index (χ3n) is 4.84. The number of aliphatic carboxylic acids is 1. The second-order valence-corrected chi connectivity index (χ2v) is 6.49. The molecule has 126 valence electrons. The Balaban J connectivity index is 1.58. The van der Waals surface area contributed by atoms with Crippen molar-refractivity contribution in [3.63, 3.8) is 0 Å². The maximum atomic E-state index is 11.9. The van der Waals surface area contributed by atoms with Gasteiger partial charge in [-0.1, -0.05) is 60.7 Å². The van der Waals surface area contributed by atoms with Crippen molar-refractivity contribution in [1.82, 2.24) is 10.2 Å². The molecule has 24 heavy (non-hydrogen) atoms. The van der Waals surface area contributed by atoms with Crippen LogP contribution in [0.25, 0.3) is 0 Å². The highest BCUT2D eigenvalue weighted by Gasteiger charge is 2.40. The second kappa shape index (κ2) is 7.60. The van der Waals surface area contributed by atoms with Gasteiger partial charge < -0.3 is 5.11 Å². The lowest BCUT2D eigenvalue weighted by Gasteiger charge is -2.39. The highest BCUT2D eigenvalue weighted by atomic mass is 16.4. The first kappa shape index (κ1) is 16.7. The number of nitrogens with one attached hydrogen (secondary N) is 1. The second-order valence-electron chi connectivity index (χ2n) is 6.49. The first-order chi connectivity index (χ1) is 11.7. The minimum atomic E-state index is -0.816. The van der Waals surface area contributed by atoms with E-state index in [0.29, 0.717) is 19.4 Å². The summed E-state index contributed by atoms with van der Waals surface area (Å²) in [5, 5.41) is 13.1. The van der Waals surface area contributed by atoms with Crippen molar-refractivity contribution in [3.8, 4) is 0 Å². The summed E-state index contributed by atoms with van der Waals surface area (Å²) < 4.78 is 0. The van der Waals surface area contributed by atoms with Gasteiger partial charge in [0, 0.05) is 26.2 Å². The van der Waals surface area contributed by atoms with E-state index in [9.17, 15) is 9.90 Å². The summed E-state index contributed by atoms with van der Waals surface area (Å²) in [5.74, 6) is -0.738. The van der Waals surface area contributed by atoms with Crippen LogP contribution in [0, 0.1) is 0 Å². The number of hydrogen-bond donors (Lipinski definition) is 2. The van der Waals surface area contributed by atoms with Crippen LogP contribution in [0.2, 0.25) is 0 Å². The summed E-state index contributed by atoms with van der Waals surface area (Å²) >= 11 is 0. The zero-order chi connectivity index (χ0) is 16.8. The lowest BCUT2D eigenvalue weighted by molar-refractivity contribution is -0.147. The van der Waals surface area contributed by atoms with E-state index in [4.69, 9.17) is 0 Å². The van der Waals surface area contributed by atoms with E-state index < -0.39 is 11.5 Å². The van der Waals surface area contributed by atoms with Crippen LogP contribution in [0.5, 0.6) is 0 Å². The van der Waals surface area contributed by atoms with E-state index in [0.717, 1.165) is 25.2 Å². The summed E-state index contributed by atoms with van der Waals surface area (Å²) in [5.41, 5.74) is 1.57. The van der Waals surface area contributed by atoms with Gasteiger partial charge in [-0.3, -0.25) is 15.0 Å². The van der Waals surface area contributed by atoms with Gasteiger partial charge in [-0.05, 0) is 24.0 Å². The molecule has 1 heterocycles. The zero-order valence-electron chi connectivity index (χ0n) is 13.8. The van der Waals surface area contributed by atoms with Crippen LogP contribution in [-0.2, 0) is 17.9 Å². The normalized spacial score (nSPS) is 17.5. The van der Waals surface area contributed by atoms with Crippen LogP contribution in [0.15, 0.2) is 60.7 Å². The molecule has 1 saturated heterocycles. The van der Waals surface area contributed by atoms with Crippen molar-refractivity contribution in [2.45, 2.75) is 31.5 Å². The summed E-state index contributed by atoms with van der Waals surface area (Å²) in [6.07, 6.45) is 1.25. The van der Waals surface area contributed by atoms with Gasteiger partial charge in [0.05, 0.1) is 0 Å². The van der Waals surface area contributed by atoms with Gasteiger partial charge >= 0.3 is 5.97 Å². The van der Waals surface area contributed by atoms with Gasteiger partial charge in [0.2, 0.25) is 0 Å². The molecular formula is C20H24N2O2. The number of hydrogen-bond acceptors (Lipinski definition) is 3. The SMILES string of the molecule is O=C(O)C1(NCc2ccccc2)CCN(Cc2ccccc2)CC1. The van der Waals surface area contributed by atoms with Gasteiger partial charge in [-0.2, -0.15) is 0 Å². The minimum Gasteiger partial charge on any atom is -0.480 e. The molecule has 0 amide bonds. The fourth-order valence-corrected chi connectivity index (χ4v) is 3.27. The van der Waals surface area contributed by atoms with E-state index in [1.165, 1.54) is 5.56 Å². The average molecular weight is 324 g/mol. The van der Waals surface area contributed by atoms with Gasteiger partial charge in [0.15, 0.2) is 0 Å². The Morgan fingerprint density at radius 2 is 1.50 bits per heavy atom. The quantitative estimate of drug-likeness (QED) is 0.858. The Bertz CT molecular complexity index is 650. The van der Waals surface area contributed by atoms with Gasteiger partial charge in [0.1, 0.15) is 5.54 Å². The molecule has 3 rings (SSSR count). The predicted octanol–water partition coefficient (Wildman–Crippen LogP) is 2.90. The van der Waals surface area contributed by atoms with Crippen molar-refractivity contribution in [3.05, 3.63) is 71.8 Å². The Hall–Kier alpha value is -2.17. The molecule has 4 nitrogen and oxygen atoms in total. The Kier molecular flexibility index (Phi) is 5.28. The molecule has 0 bridgehead atoms. The Morgan fingerprint density at radius 3 is 2.04 bits per heavy atom. The van der Waals surface area contributed by atoms with Crippen LogP contribution >= 0.6 is 0 Å². The zero-order valence-corrected chi connectivity index (χ0v) is 13.8. The number of carboxylic acids is 1. The lowest BCUT2D eigenvalue weighted by Crippen LogP contribution is -2.57. The molecule has 0 aromatic heterocycles. The van der Waals surface area contributed by atoms with Crippen molar-refractivity contribution < 1.29 is 9.90 Å². The number of benzene rings is 2. The van der Waals surface area contributed by atoms with Crippen molar-refractivity contribution >= 4 is 5.97 Å². The summed E-state index contributed by atoms with van der Waals surface area (Å²) in [6, 6.07) is 20.3. The van der Waals surface area contributed by atoms with E-state index in [-0.39, 0.29) is 0 Å². The molecule has 2 N–H and O–H groups in total. The van der Waals surface area contributed by atoms with Crippen LogP contribution < -0.4 is 5.32 Å². The van der Waals surface area contributed by atoms with E-state index in [1.807, 2.05) is 48.5 Å². The largest absolute Gasteiger partial charge is 0.480 e. The first-order valence-corrected chi connectivity index (χ1v) is 8.47. The van der Waals surface area contributed by atoms with Crippen molar-refractivity contribution in [2.75, 3.05) is 13.1 Å². The molecule has 4 heteroatoms. The number of carbonyl (C=O) groups is 1. The predicted molar refractivity (Wildman–Crippen MR) is 94.6 cm³/mol. The first-order valence-electron chi connectivity index (χ1n) is 8.47. The van der Waals surface area contributed by atoms with E-state index in [1.54, 1.807) is 0 Å². The standard InChI is InChI=1S/C20H24N2O2/c23-19(24)20(21-15-17-7-3-1-4-8-17)11-13-22(14-12-20)16-18-9-5-2-6-10-18/h1-10,21H,11-16H2,(H,23,24). The fraction of sp³-hybridized carbons (Fsp3) is 0.350. The lowest BCUT2D eigenvalue weighted by atomic mass is 9.87. The molecule has 2 aromatic rings. The third-order valence-corrected chi connectivity index (χ3v) is 4.84. The maximum Gasteiger partial charge on any atom is 0.324 e. The average Bonchev–Trinajstić information content (AvgIpc) is 2.63. The third kappa shape index (κ3) is 4.02. The molecule has 1 aliphatic heterocycles. The maximum absolute atomic E-state index is 11.9. The van der Waals surface area contributed by atoms with Crippen LogP contribution in [0.4, 0.5) is 0 Å². The molecule has 0 atom stereocenters. The molecule has 2 aromatic carbocycles. The van der Waals surface area contributed by atoms with Crippen LogP contribution in [-0.4, -0.2) is 34.6 Å². The van der Waals surface area contributed by atoms with Crippen LogP contribution in [0.3, 0.4) is 0 Å². The monoisotopic (exact) mass is 324 g/mol. The highest BCUT2D eigenvalue weighted by molar-refractivity contribution is 5.79. The van der Waals surface area contributed by atoms with E-state index in [2.05, 4.69) is 22.3 Å². The molecule has 0 radical (unpaired) electrons. The van der Waals surface area contributed by atoms with Crippen LogP contribution in [0.1, 0.15) is 24.0 Å². The molecule has 1 aliphatic rings. The molecule has 0 aliphatic carbocycles. The smallest absolute Gasteiger partial charge is 0.324 e. The molecule has 1 fully saturated rings. The Labute approximate surface area is 143 Å². The number of nitrogens with zero attached hydrogens (tertiary/aromatic N) is 1. The van der Waals surface area contributed by atoms with Gasteiger partial charge in [-0.25, -0.2) is 0 Å². The topological polar surface area (TPSA) is 52.6 Å². The molecule has 0 saturated carbocycles. The molecule has 0 spiro atoms. The minimum absolute atomic E-state index is 0.589. The van der Waals surface area contributed by atoms with Gasteiger partial charge in [0.25, 0.3) is 0 Å². The highest BCUT2D eigenvalue weighted by Crippen LogP contribution is 2.24. The van der Waals surface area contributed by atoms with Crippen molar-refractivity contribution in [1.29, 1.82) is 0 Å². The van der Waals surface area contributed by atoms with Gasteiger partial charge in [-0.15, -0.1) is 0 Å². The fourth-order valence-electron chi connectivity index (χ4n) is 3.27. The summed E-state index contributed by atoms with van der Waals surface area (Å²) in [4.78, 5) is 14.2. The number of likely N-dealkylation sites (tertiary alicyclic amines) is 1. The Morgan fingerprint density at radius 1 is 0.958 bits per heavy atom.